The summed E-state index contributed by atoms with van der Waals surface area (Å²) in [7, 11) is 0. The number of H-pyrrole nitrogens is 2. The summed E-state index contributed by atoms with van der Waals surface area (Å²) in [6.07, 6.45) is 9.82. The number of likely N-dealkylation sites (tertiary alicyclic amines) is 1. The topological polar surface area (TPSA) is 95.6 Å². The molecule has 0 saturated carbocycles. The highest BCUT2D eigenvalue weighted by Crippen LogP contribution is 2.34. The summed E-state index contributed by atoms with van der Waals surface area (Å²) in [5.41, 5.74) is 7.50. The number of nitrogens with zero attached hydrogens (tertiary/aromatic N) is 5. The minimum Gasteiger partial charge on any atom is -0.491 e. The number of pyridine rings is 3. The van der Waals surface area contributed by atoms with Gasteiger partial charge in [0.1, 0.15) is 18.1 Å². The molecule has 37 heavy (non-hydrogen) atoms. The SMILES string of the molecule is c1cc2[nH]c(-c3n[nH]c4cnc(-c5cncc(OCCN6CCCC6)c5)cc34)cc2c(-c2ccsc2)n1. The number of nitrogens with one attached hydrogen (secondary N) is 2. The Labute approximate surface area is 217 Å². The molecule has 7 heterocycles. The quantitative estimate of drug-likeness (QED) is 0.285. The highest BCUT2D eigenvalue weighted by Gasteiger charge is 2.16. The predicted octanol–water partition coefficient (Wildman–Crippen LogP) is 5.77. The van der Waals surface area contributed by atoms with Crippen molar-refractivity contribution in [3.05, 3.63) is 65.9 Å². The highest BCUT2D eigenvalue weighted by molar-refractivity contribution is 7.08. The molecule has 1 saturated heterocycles. The van der Waals surface area contributed by atoms with E-state index in [0.29, 0.717) is 6.61 Å². The van der Waals surface area contributed by atoms with Gasteiger partial charge < -0.3 is 9.72 Å². The Balaban J connectivity index is 1.20. The standard InChI is InChI=1S/C28H25N7OS/c1-2-7-35(6-1)8-9-36-20-11-19(14-29-15-20)24-12-22-26(16-31-24)33-34-28(22)25-13-21-23(32-25)3-5-30-27(21)18-4-10-37-17-18/h3-5,10-17,32H,1-2,6-9H2,(H,33,34). The van der Waals surface area contributed by atoms with Gasteiger partial charge in [-0.3, -0.25) is 25.0 Å². The second-order valence-electron chi connectivity index (χ2n) is 9.31. The smallest absolute Gasteiger partial charge is 0.138 e. The first-order valence-electron chi connectivity index (χ1n) is 12.5. The number of hydrogen-bond acceptors (Lipinski definition) is 7. The molecule has 0 amide bonds. The van der Waals surface area contributed by atoms with Crippen molar-refractivity contribution in [3.8, 4) is 39.7 Å². The zero-order valence-corrected chi connectivity index (χ0v) is 21.0. The van der Waals surface area contributed by atoms with E-state index in [1.54, 1.807) is 17.5 Å². The molecule has 6 aromatic heterocycles. The summed E-state index contributed by atoms with van der Waals surface area (Å²) in [4.78, 5) is 19.7. The lowest BCUT2D eigenvalue weighted by atomic mass is 10.1. The van der Waals surface area contributed by atoms with E-state index in [0.717, 1.165) is 68.0 Å². The molecule has 6 aromatic rings. The summed E-state index contributed by atoms with van der Waals surface area (Å²) in [6, 6.07) is 10.3. The van der Waals surface area contributed by atoms with Gasteiger partial charge in [0.2, 0.25) is 0 Å². The van der Waals surface area contributed by atoms with Crippen LogP contribution in [-0.4, -0.2) is 61.3 Å². The fraction of sp³-hybridized carbons (Fsp3) is 0.214. The first kappa shape index (κ1) is 22.1. The largest absolute Gasteiger partial charge is 0.491 e. The van der Waals surface area contributed by atoms with Crippen LogP contribution in [0.4, 0.5) is 0 Å². The number of ether oxygens (including phenoxy) is 1. The minimum atomic E-state index is 0.659. The second kappa shape index (κ2) is 9.42. The molecule has 0 aromatic carbocycles. The van der Waals surface area contributed by atoms with Gasteiger partial charge in [0.15, 0.2) is 0 Å². The molecule has 0 aliphatic carbocycles. The molecule has 0 radical (unpaired) electrons. The number of aromatic amines is 2. The van der Waals surface area contributed by atoms with Crippen molar-refractivity contribution in [2.45, 2.75) is 12.8 Å². The van der Waals surface area contributed by atoms with Crippen molar-refractivity contribution in [2.75, 3.05) is 26.2 Å². The van der Waals surface area contributed by atoms with E-state index in [-0.39, 0.29) is 0 Å². The lowest BCUT2D eigenvalue weighted by Gasteiger charge is -2.15. The third-order valence-electron chi connectivity index (χ3n) is 6.93. The lowest BCUT2D eigenvalue weighted by Crippen LogP contribution is -2.25. The highest BCUT2D eigenvalue weighted by atomic mass is 32.1. The van der Waals surface area contributed by atoms with Gasteiger partial charge >= 0.3 is 0 Å². The van der Waals surface area contributed by atoms with E-state index < -0.39 is 0 Å². The third-order valence-corrected chi connectivity index (χ3v) is 7.61. The molecule has 9 heteroatoms. The van der Waals surface area contributed by atoms with Crippen molar-refractivity contribution in [3.63, 3.8) is 0 Å². The van der Waals surface area contributed by atoms with Crippen LogP contribution in [0.25, 0.3) is 55.7 Å². The fourth-order valence-electron chi connectivity index (χ4n) is 5.03. The van der Waals surface area contributed by atoms with Crippen molar-refractivity contribution in [1.82, 2.24) is 35.0 Å². The molecule has 2 N–H and O–H groups in total. The maximum atomic E-state index is 6.01. The van der Waals surface area contributed by atoms with Gasteiger partial charge in [-0.15, -0.1) is 0 Å². The minimum absolute atomic E-state index is 0.659. The van der Waals surface area contributed by atoms with Gasteiger partial charge in [0.25, 0.3) is 0 Å². The number of thiophene rings is 1. The molecule has 1 aliphatic heterocycles. The van der Waals surface area contributed by atoms with Gasteiger partial charge in [-0.25, -0.2) is 0 Å². The Kier molecular flexibility index (Phi) is 5.64. The Hall–Kier alpha value is -4.08. The summed E-state index contributed by atoms with van der Waals surface area (Å²) >= 11 is 1.67. The van der Waals surface area contributed by atoms with Gasteiger partial charge in [-0.05, 0) is 61.6 Å². The molecular formula is C28H25N7OS. The van der Waals surface area contributed by atoms with Crippen LogP contribution in [0.2, 0.25) is 0 Å². The van der Waals surface area contributed by atoms with Crippen LogP contribution < -0.4 is 4.74 Å². The van der Waals surface area contributed by atoms with E-state index in [9.17, 15) is 0 Å². The van der Waals surface area contributed by atoms with Crippen LogP contribution in [0, 0.1) is 0 Å². The van der Waals surface area contributed by atoms with Crippen molar-refractivity contribution >= 4 is 33.1 Å². The Morgan fingerprint density at radius 2 is 1.84 bits per heavy atom. The van der Waals surface area contributed by atoms with Crippen LogP contribution in [0.1, 0.15) is 12.8 Å². The van der Waals surface area contributed by atoms with Crippen LogP contribution in [0.3, 0.4) is 0 Å². The molecule has 0 unspecified atom stereocenters. The second-order valence-corrected chi connectivity index (χ2v) is 10.1. The monoisotopic (exact) mass is 507 g/mol. The van der Waals surface area contributed by atoms with Gasteiger partial charge in [0.05, 0.1) is 35.0 Å². The molecule has 1 fully saturated rings. The molecule has 0 bridgehead atoms. The number of aromatic nitrogens is 6. The van der Waals surface area contributed by atoms with Crippen molar-refractivity contribution < 1.29 is 4.74 Å². The van der Waals surface area contributed by atoms with Crippen LogP contribution in [0.15, 0.2) is 65.9 Å². The fourth-order valence-corrected chi connectivity index (χ4v) is 5.67. The lowest BCUT2D eigenvalue weighted by molar-refractivity contribution is 0.237. The number of rotatable bonds is 7. The normalized spacial score (nSPS) is 14.2. The Morgan fingerprint density at radius 3 is 2.73 bits per heavy atom. The van der Waals surface area contributed by atoms with E-state index >= 15 is 0 Å². The van der Waals surface area contributed by atoms with E-state index in [1.807, 2.05) is 30.7 Å². The maximum Gasteiger partial charge on any atom is 0.138 e. The van der Waals surface area contributed by atoms with Gasteiger partial charge in [-0.2, -0.15) is 16.4 Å². The first-order chi connectivity index (χ1) is 18.3. The molecule has 8 nitrogen and oxygen atoms in total. The molecule has 0 spiro atoms. The predicted molar refractivity (Wildman–Crippen MR) is 147 cm³/mol. The maximum absolute atomic E-state index is 6.01. The zero-order valence-electron chi connectivity index (χ0n) is 20.1. The van der Waals surface area contributed by atoms with Crippen LogP contribution in [0.5, 0.6) is 5.75 Å². The molecular weight excluding hydrogens is 482 g/mol. The van der Waals surface area contributed by atoms with E-state index in [1.165, 1.54) is 25.9 Å². The van der Waals surface area contributed by atoms with E-state index in [2.05, 4.69) is 64.0 Å². The van der Waals surface area contributed by atoms with E-state index in [4.69, 9.17) is 4.74 Å². The van der Waals surface area contributed by atoms with Crippen molar-refractivity contribution in [1.29, 1.82) is 0 Å². The average molecular weight is 508 g/mol. The first-order valence-corrected chi connectivity index (χ1v) is 13.4. The molecule has 184 valence electrons. The Morgan fingerprint density at radius 1 is 0.919 bits per heavy atom. The van der Waals surface area contributed by atoms with Crippen LogP contribution >= 0.6 is 11.3 Å². The summed E-state index contributed by atoms with van der Waals surface area (Å²) in [5.74, 6) is 0.759. The Bertz CT molecular complexity index is 1680. The van der Waals surface area contributed by atoms with Gasteiger partial charge in [0, 0.05) is 51.7 Å². The molecule has 0 atom stereocenters. The summed E-state index contributed by atoms with van der Waals surface area (Å²) in [6.45, 7) is 3.94. The summed E-state index contributed by atoms with van der Waals surface area (Å²) < 4.78 is 6.01. The van der Waals surface area contributed by atoms with Gasteiger partial charge in [-0.1, -0.05) is 0 Å². The number of fused-ring (bicyclic) bond motifs is 2. The summed E-state index contributed by atoms with van der Waals surface area (Å²) in [5, 5.41) is 14.0. The zero-order chi connectivity index (χ0) is 24.6. The average Bonchev–Trinajstić information content (AvgIpc) is 3.74. The third kappa shape index (κ3) is 4.26. The molecule has 7 rings (SSSR count). The van der Waals surface area contributed by atoms with Crippen molar-refractivity contribution in [2.24, 2.45) is 0 Å². The molecule has 1 aliphatic rings. The number of hydrogen-bond donors (Lipinski definition) is 2. The van der Waals surface area contributed by atoms with Crippen LogP contribution in [-0.2, 0) is 0 Å².